The molecular weight excluding hydrogens is 256 g/mol. The number of hydrogen-bond acceptors (Lipinski definition) is 4. The van der Waals surface area contributed by atoms with Crippen molar-refractivity contribution in [2.24, 2.45) is 11.7 Å². The lowest BCUT2D eigenvalue weighted by atomic mass is 9.62. The van der Waals surface area contributed by atoms with E-state index in [1.54, 1.807) is 0 Å². The number of amides is 1. The normalized spacial score (nSPS) is 38.0. The molecule has 0 aromatic carbocycles. The van der Waals surface area contributed by atoms with E-state index in [0.717, 1.165) is 38.5 Å². The first kappa shape index (κ1) is 15.6. The fraction of sp³-hybridized carbons (Fsp3) is 0.933. The molecule has 0 unspecified atom stereocenters. The van der Waals surface area contributed by atoms with E-state index in [9.17, 15) is 9.90 Å². The molecule has 0 saturated heterocycles. The van der Waals surface area contributed by atoms with E-state index < -0.39 is 5.60 Å². The standard InChI is InChI=1S/C15H28N2O3/c1-14(2,3)20-13(19)17-11-6-4-10(5-7-11)15(16)8-12(18)9-15/h10-12,18H,4-9,16H2,1-3H3,(H,17,19). The van der Waals surface area contributed by atoms with Gasteiger partial charge in [-0.2, -0.15) is 0 Å². The Kier molecular flexibility index (Phi) is 4.30. The molecule has 0 bridgehead atoms. The van der Waals surface area contributed by atoms with Gasteiger partial charge in [0.2, 0.25) is 0 Å². The number of carbonyl (C=O) groups is 1. The zero-order valence-electron chi connectivity index (χ0n) is 12.8. The van der Waals surface area contributed by atoms with Crippen LogP contribution in [0.1, 0.15) is 59.3 Å². The van der Waals surface area contributed by atoms with Crippen LogP contribution in [0.3, 0.4) is 0 Å². The van der Waals surface area contributed by atoms with Gasteiger partial charge in [-0.3, -0.25) is 0 Å². The van der Waals surface area contributed by atoms with Crippen LogP contribution < -0.4 is 11.1 Å². The van der Waals surface area contributed by atoms with Crippen molar-refractivity contribution in [1.29, 1.82) is 0 Å². The number of aliphatic hydroxyl groups is 1. The summed E-state index contributed by atoms with van der Waals surface area (Å²) in [5.41, 5.74) is 5.70. The monoisotopic (exact) mass is 284 g/mol. The smallest absolute Gasteiger partial charge is 0.407 e. The molecular formula is C15H28N2O3. The molecule has 0 aliphatic heterocycles. The van der Waals surface area contributed by atoms with Crippen molar-refractivity contribution in [2.75, 3.05) is 0 Å². The van der Waals surface area contributed by atoms with E-state index in [-0.39, 0.29) is 23.8 Å². The maximum absolute atomic E-state index is 11.7. The van der Waals surface area contributed by atoms with Crippen molar-refractivity contribution >= 4 is 6.09 Å². The summed E-state index contributed by atoms with van der Waals surface area (Å²) in [5, 5.41) is 12.4. The molecule has 0 atom stereocenters. The highest BCUT2D eigenvalue weighted by atomic mass is 16.6. The highest BCUT2D eigenvalue weighted by Crippen LogP contribution is 2.43. The number of nitrogens with one attached hydrogen (secondary N) is 1. The molecule has 2 aliphatic carbocycles. The number of ether oxygens (including phenoxy) is 1. The maximum Gasteiger partial charge on any atom is 0.407 e. The topological polar surface area (TPSA) is 84.6 Å². The molecule has 5 nitrogen and oxygen atoms in total. The van der Waals surface area contributed by atoms with Crippen molar-refractivity contribution in [1.82, 2.24) is 5.32 Å². The molecule has 116 valence electrons. The van der Waals surface area contributed by atoms with Crippen LogP contribution in [0.5, 0.6) is 0 Å². The zero-order chi connectivity index (χ0) is 15.0. The number of aliphatic hydroxyl groups excluding tert-OH is 1. The molecule has 0 radical (unpaired) electrons. The van der Waals surface area contributed by atoms with Crippen LogP contribution in [0.25, 0.3) is 0 Å². The molecule has 2 saturated carbocycles. The van der Waals surface area contributed by atoms with Crippen molar-refractivity contribution in [3.63, 3.8) is 0 Å². The fourth-order valence-electron chi connectivity index (χ4n) is 3.44. The molecule has 2 rings (SSSR count). The van der Waals surface area contributed by atoms with Gasteiger partial charge < -0.3 is 20.9 Å². The molecule has 4 N–H and O–H groups in total. The summed E-state index contributed by atoms with van der Waals surface area (Å²) in [7, 11) is 0. The van der Waals surface area contributed by atoms with Crippen LogP contribution in [0.2, 0.25) is 0 Å². The van der Waals surface area contributed by atoms with Gasteiger partial charge in [-0.1, -0.05) is 0 Å². The summed E-state index contributed by atoms with van der Waals surface area (Å²) in [6, 6.07) is 0.190. The van der Waals surface area contributed by atoms with Gasteiger partial charge in [0.05, 0.1) is 6.10 Å². The van der Waals surface area contributed by atoms with Crippen molar-refractivity contribution in [3.05, 3.63) is 0 Å². The van der Waals surface area contributed by atoms with Crippen LogP contribution in [-0.2, 0) is 4.74 Å². The minimum absolute atomic E-state index is 0.170. The largest absolute Gasteiger partial charge is 0.444 e. The Morgan fingerprint density at radius 3 is 2.25 bits per heavy atom. The van der Waals surface area contributed by atoms with E-state index >= 15 is 0 Å². The lowest BCUT2D eigenvalue weighted by molar-refractivity contribution is -0.0199. The number of hydrogen-bond donors (Lipinski definition) is 3. The van der Waals surface area contributed by atoms with Gasteiger partial charge in [0.25, 0.3) is 0 Å². The Bertz CT molecular complexity index is 351. The van der Waals surface area contributed by atoms with E-state index in [1.807, 2.05) is 20.8 Å². The second kappa shape index (κ2) is 5.53. The summed E-state index contributed by atoms with van der Waals surface area (Å²) >= 11 is 0. The van der Waals surface area contributed by atoms with Gasteiger partial charge in [0.15, 0.2) is 0 Å². The molecule has 5 heteroatoms. The van der Waals surface area contributed by atoms with E-state index in [4.69, 9.17) is 10.5 Å². The second-order valence-corrected chi connectivity index (χ2v) is 7.49. The lowest BCUT2D eigenvalue weighted by Crippen LogP contribution is -2.60. The van der Waals surface area contributed by atoms with Crippen molar-refractivity contribution in [2.45, 2.75) is 82.6 Å². The van der Waals surface area contributed by atoms with Gasteiger partial charge in [0.1, 0.15) is 5.60 Å². The summed E-state index contributed by atoms with van der Waals surface area (Å²) in [5.74, 6) is 0.475. The number of alkyl carbamates (subject to hydrolysis) is 1. The Hall–Kier alpha value is -0.810. The van der Waals surface area contributed by atoms with E-state index in [0.29, 0.717) is 5.92 Å². The van der Waals surface area contributed by atoms with Gasteiger partial charge in [-0.05, 0) is 65.2 Å². The highest BCUT2D eigenvalue weighted by Gasteiger charge is 2.46. The third kappa shape index (κ3) is 3.85. The summed E-state index contributed by atoms with van der Waals surface area (Å²) < 4.78 is 5.27. The molecule has 20 heavy (non-hydrogen) atoms. The first-order valence-electron chi connectivity index (χ1n) is 7.64. The van der Waals surface area contributed by atoms with Gasteiger partial charge >= 0.3 is 6.09 Å². The predicted molar refractivity (Wildman–Crippen MR) is 77.3 cm³/mol. The average Bonchev–Trinajstić information content (AvgIpc) is 2.25. The van der Waals surface area contributed by atoms with Crippen LogP contribution in [0.15, 0.2) is 0 Å². The molecule has 2 fully saturated rings. The zero-order valence-corrected chi connectivity index (χ0v) is 12.8. The highest BCUT2D eigenvalue weighted by molar-refractivity contribution is 5.68. The molecule has 0 spiro atoms. The quantitative estimate of drug-likeness (QED) is 0.723. The van der Waals surface area contributed by atoms with Crippen molar-refractivity contribution < 1.29 is 14.6 Å². The molecule has 0 heterocycles. The minimum Gasteiger partial charge on any atom is -0.444 e. The second-order valence-electron chi connectivity index (χ2n) is 7.49. The molecule has 2 aliphatic rings. The lowest BCUT2D eigenvalue weighted by Gasteiger charge is -2.50. The Labute approximate surface area is 121 Å². The van der Waals surface area contributed by atoms with Gasteiger partial charge in [0, 0.05) is 11.6 Å². The van der Waals surface area contributed by atoms with Crippen molar-refractivity contribution in [3.8, 4) is 0 Å². The third-order valence-corrected chi connectivity index (χ3v) is 4.49. The summed E-state index contributed by atoms with van der Waals surface area (Å²) in [6.45, 7) is 5.59. The Balaban J connectivity index is 1.73. The molecule has 1 amide bonds. The van der Waals surface area contributed by atoms with E-state index in [2.05, 4.69) is 5.32 Å². The van der Waals surface area contributed by atoms with Gasteiger partial charge in [-0.25, -0.2) is 4.79 Å². The maximum atomic E-state index is 11.7. The predicted octanol–water partition coefficient (Wildman–Crippen LogP) is 1.92. The van der Waals surface area contributed by atoms with Gasteiger partial charge in [-0.15, -0.1) is 0 Å². The SMILES string of the molecule is CC(C)(C)OC(=O)NC1CCC(C2(N)CC(O)C2)CC1. The number of carbonyl (C=O) groups excluding carboxylic acids is 1. The van der Waals surface area contributed by atoms with Crippen LogP contribution >= 0.6 is 0 Å². The number of nitrogens with two attached hydrogens (primary N) is 1. The fourth-order valence-corrected chi connectivity index (χ4v) is 3.44. The molecule has 0 aromatic heterocycles. The number of rotatable bonds is 2. The minimum atomic E-state index is -0.454. The molecule has 0 aromatic rings. The average molecular weight is 284 g/mol. The first-order valence-corrected chi connectivity index (χ1v) is 7.64. The van der Waals surface area contributed by atoms with Crippen LogP contribution in [-0.4, -0.2) is 34.5 Å². The Morgan fingerprint density at radius 2 is 1.80 bits per heavy atom. The first-order chi connectivity index (χ1) is 9.18. The Morgan fingerprint density at radius 1 is 1.25 bits per heavy atom. The van der Waals surface area contributed by atoms with E-state index in [1.165, 1.54) is 0 Å². The third-order valence-electron chi connectivity index (χ3n) is 4.49. The van der Waals surface area contributed by atoms with Crippen LogP contribution in [0, 0.1) is 5.92 Å². The summed E-state index contributed by atoms with van der Waals surface area (Å²) in [6.07, 6.45) is 4.83. The summed E-state index contributed by atoms with van der Waals surface area (Å²) in [4.78, 5) is 11.7. The van der Waals surface area contributed by atoms with Crippen LogP contribution in [0.4, 0.5) is 4.79 Å².